The second kappa shape index (κ2) is 22.0. The Morgan fingerprint density at radius 3 is 1.49 bits per heavy atom. The van der Waals surface area contributed by atoms with Crippen LogP contribution in [0.2, 0.25) is 0 Å². The predicted molar refractivity (Wildman–Crippen MR) is 249 cm³/mol. The third-order valence-electron chi connectivity index (χ3n) is 10.4. The summed E-state index contributed by atoms with van der Waals surface area (Å²) in [6, 6.07) is 30.6. The molecule has 354 valence electrons. The summed E-state index contributed by atoms with van der Waals surface area (Å²) in [6.07, 6.45) is -1.07. The minimum absolute atomic E-state index is 0.0157. The monoisotopic (exact) mass is 938 g/mol. The number of rotatable bonds is 13. The van der Waals surface area contributed by atoms with E-state index >= 15 is 0 Å². The highest BCUT2D eigenvalue weighted by molar-refractivity contribution is 7.86. The highest BCUT2D eigenvalue weighted by Gasteiger charge is 2.35. The van der Waals surface area contributed by atoms with Crippen molar-refractivity contribution in [3.05, 3.63) is 131 Å². The Kier molecular flexibility index (Phi) is 16.2. The number of cyclic esters (lactones) is 2. The van der Waals surface area contributed by atoms with Gasteiger partial charge in [-0.25, -0.2) is 9.59 Å². The normalized spacial score (nSPS) is 17.7. The molecule has 3 aliphatic rings. The highest BCUT2D eigenvalue weighted by atomic mass is 32.2. The van der Waals surface area contributed by atoms with Crippen LogP contribution in [0.5, 0.6) is 0 Å². The van der Waals surface area contributed by atoms with E-state index < -0.39 is 39.9 Å². The van der Waals surface area contributed by atoms with Crippen LogP contribution in [0.25, 0.3) is 0 Å². The summed E-state index contributed by atoms with van der Waals surface area (Å²) in [7, 11) is -3.62. The predicted octanol–water partition coefficient (Wildman–Crippen LogP) is 4.47. The molecular formula is C47H54N8O11S. The first-order chi connectivity index (χ1) is 31.8. The van der Waals surface area contributed by atoms with Crippen LogP contribution in [0.4, 0.5) is 21.0 Å². The van der Waals surface area contributed by atoms with Gasteiger partial charge in [-0.05, 0) is 93.6 Å². The maximum absolute atomic E-state index is 12.6. The van der Waals surface area contributed by atoms with Crippen LogP contribution in [0.1, 0.15) is 52.6 Å². The zero-order valence-electron chi connectivity index (χ0n) is 37.6. The minimum atomic E-state index is -3.62. The second-order valence-electron chi connectivity index (χ2n) is 16.9. The molecule has 3 saturated heterocycles. The van der Waals surface area contributed by atoms with Crippen LogP contribution in [-0.2, 0) is 33.3 Å². The maximum atomic E-state index is 12.6. The number of carbonyl (C=O) groups is 5. The van der Waals surface area contributed by atoms with Gasteiger partial charge in [-0.1, -0.05) is 36.4 Å². The Morgan fingerprint density at radius 1 is 0.642 bits per heavy atom. The number of amidine groups is 2. The lowest BCUT2D eigenvalue weighted by Crippen LogP contribution is -2.50. The first-order valence-corrected chi connectivity index (χ1v) is 23.2. The van der Waals surface area contributed by atoms with Crippen molar-refractivity contribution in [2.75, 3.05) is 75.0 Å². The Morgan fingerprint density at radius 2 is 1.06 bits per heavy atom. The zero-order chi connectivity index (χ0) is 48.3. The van der Waals surface area contributed by atoms with Gasteiger partial charge in [0, 0.05) is 66.4 Å². The van der Waals surface area contributed by atoms with Crippen LogP contribution in [-0.4, -0.2) is 143 Å². The van der Waals surface area contributed by atoms with Crippen molar-refractivity contribution in [3.8, 4) is 0 Å². The van der Waals surface area contributed by atoms with Crippen molar-refractivity contribution in [1.82, 2.24) is 20.4 Å². The van der Waals surface area contributed by atoms with Gasteiger partial charge >= 0.3 is 18.2 Å². The molecule has 0 saturated carbocycles. The molecule has 4 amide bonds. The van der Waals surface area contributed by atoms with E-state index in [1.54, 1.807) is 108 Å². The SMILES string of the molecule is CC(C)(C)OC(=O)CN1CCN(CC2CN(c3ccc(C(=N)NC(=O)c4ccccc4)cc3)C(=O)O2)CC1.CS(=O)(=O)OCC1CN(c2ccc(C(=N)NC(=O)c3ccccc3)cc2)C(=O)O1. The van der Waals surface area contributed by atoms with E-state index in [0.717, 1.165) is 32.4 Å². The van der Waals surface area contributed by atoms with Crippen molar-refractivity contribution in [2.24, 2.45) is 0 Å². The van der Waals surface area contributed by atoms with Crippen LogP contribution in [0.15, 0.2) is 109 Å². The number of hydrogen-bond acceptors (Lipinski definition) is 15. The molecule has 4 N–H and O–H groups in total. The number of benzene rings is 4. The lowest BCUT2D eigenvalue weighted by atomic mass is 10.1. The minimum Gasteiger partial charge on any atom is -0.459 e. The van der Waals surface area contributed by atoms with E-state index in [0.29, 0.717) is 46.7 Å². The number of hydrogen-bond donors (Lipinski definition) is 4. The summed E-state index contributed by atoms with van der Waals surface area (Å²) in [5.74, 6) is -1.05. The maximum Gasteiger partial charge on any atom is 0.414 e. The molecule has 19 nitrogen and oxygen atoms in total. The molecule has 3 fully saturated rings. The Balaban J connectivity index is 0.000000229. The number of piperazine rings is 1. The molecule has 2 unspecified atom stereocenters. The number of amides is 4. The van der Waals surface area contributed by atoms with Gasteiger partial charge in [0.2, 0.25) is 0 Å². The molecule has 67 heavy (non-hydrogen) atoms. The average Bonchev–Trinajstić information content (AvgIpc) is 3.86. The molecule has 3 aliphatic heterocycles. The van der Waals surface area contributed by atoms with Crippen LogP contribution in [0.3, 0.4) is 0 Å². The fourth-order valence-corrected chi connectivity index (χ4v) is 7.53. The van der Waals surface area contributed by atoms with Gasteiger partial charge in [-0.3, -0.25) is 49.0 Å². The molecule has 2 atom stereocenters. The Labute approximate surface area is 389 Å². The van der Waals surface area contributed by atoms with Crippen molar-refractivity contribution in [1.29, 1.82) is 10.8 Å². The summed E-state index contributed by atoms with van der Waals surface area (Å²) in [6.45, 7) is 9.85. The summed E-state index contributed by atoms with van der Waals surface area (Å²) in [5, 5.41) is 21.4. The number of carbonyl (C=O) groups excluding carboxylic acids is 5. The molecule has 0 spiro atoms. The molecule has 0 bridgehead atoms. The third-order valence-corrected chi connectivity index (χ3v) is 11.0. The molecule has 4 aromatic carbocycles. The summed E-state index contributed by atoms with van der Waals surface area (Å²) in [4.78, 5) is 68.4. The molecule has 0 aliphatic carbocycles. The Hall–Kier alpha value is -7.00. The molecular weight excluding hydrogens is 885 g/mol. The molecule has 3 heterocycles. The molecule has 0 aromatic heterocycles. The van der Waals surface area contributed by atoms with E-state index in [2.05, 4.69) is 24.6 Å². The highest BCUT2D eigenvalue weighted by Crippen LogP contribution is 2.25. The van der Waals surface area contributed by atoms with Gasteiger partial charge in [0.15, 0.2) is 0 Å². The topological polar surface area (TPSA) is 241 Å². The second-order valence-corrected chi connectivity index (χ2v) is 18.5. The van der Waals surface area contributed by atoms with Gasteiger partial charge in [0.1, 0.15) is 36.1 Å². The van der Waals surface area contributed by atoms with E-state index in [9.17, 15) is 32.4 Å². The fraction of sp³-hybridized carbons (Fsp3) is 0.340. The van der Waals surface area contributed by atoms with Crippen molar-refractivity contribution < 1.29 is 50.8 Å². The molecule has 20 heteroatoms. The van der Waals surface area contributed by atoms with Gasteiger partial charge in [0.05, 0.1) is 25.9 Å². The quantitative estimate of drug-likeness (QED) is 0.0476. The summed E-state index contributed by atoms with van der Waals surface area (Å²) in [5.41, 5.74) is 2.61. The number of esters is 1. The van der Waals surface area contributed by atoms with E-state index in [4.69, 9.17) is 25.0 Å². The number of nitrogens with zero attached hydrogens (tertiary/aromatic N) is 4. The first kappa shape index (κ1) is 49.4. The number of anilines is 2. The van der Waals surface area contributed by atoms with Crippen LogP contribution < -0.4 is 20.4 Å². The standard InChI is InChI=1S/C28H35N5O5.C19H19N3O6S/c1-28(2,3)38-24(34)19-32-15-13-31(14-16-32)17-23-18-33(27(36)37-23)22-11-9-20(10-12-22)25(29)30-26(35)21-7-5-4-6-8-21;1-29(25,26)27-12-16-11-22(19(24)28-16)15-9-7-13(8-10-15)17(20)21-18(23)14-5-3-2-4-6-14/h4-12,23H,13-19H2,1-3H3,(H2,29,30,35);2-10,16H,11-12H2,1H3,(H2,20,21,23). The van der Waals surface area contributed by atoms with Crippen molar-refractivity contribution in [2.45, 2.75) is 38.6 Å². The zero-order valence-corrected chi connectivity index (χ0v) is 38.4. The van der Waals surface area contributed by atoms with E-state index in [1.165, 1.54) is 4.90 Å². The largest absolute Gasteiger partial charge is 0.459 e. The average molecular weight is 939 g/mol. The summed E-state index contributed by atoms with van der Waals surface area (Å²) >= 11 is 0. The Bertz CT molecular complexity index is 2530. The van der Waals surface area contributed by atoms with Crippen molar-refractivity contribution >= 4 is 63.1 Å². The van der Waals surface area contributed by atoms with Gasteiger partial charge in [-0.15, -0.1) is 0 Å². The lowest BCUT2D eigenvalue weighted by Gasteiger charge is -2.35. The van der Waals surface area contributed by atoms with Gasteiger partial charge in [0.25, 0.3) is 21.9 Å². The lowest BCUT2D eigenvalue weighted by molar-refractivity contribution is -0.156. The third kappa shape index (κ3) is 14.8. The number of nitrogens with one attached hydrogen (secondary N) is 4. The van der Waals surface area contributed by atoms with E-state index in [-0.39, 0.29) is 49.3 Å². The van der Waals surface area contributed by atoms with Gasteiger partial charge < -0.3 is 24.8 Å². The van der Waals surface area contributed by atoms with Gasteiger partial charge in [-0.2, -0.15) is 8.42 Å². The first-order valence-electron chi connectivity index (χ1n) is 21.4. The van der Waals surface area contributed by atoms with Crippen LogP contribution in [0, 0.1) is 10.8 Å². The number of ether oxygens (including phenoxy) is 3. The molecule has 0 radical (unpaired) electrons. The van der Waals surface area contributed by atoms with Crippen LogP contribution >= 0.6 is 0 Å². The smallest absolute Gasteiger partial charge is 0.414 e. The van der Waals surface area contributed by atoms with Crippen molar-refractivity contribution in [3.63, 3.8) is 0 Å². The molecule has 4 aromatic rings. The molecule has 7 rings (SSSR count). The fourth-order valence-electron chi connectivity index (χ4n) is 7.13. The van der Waals surface area contributed by atoms with E-state index in [1.807, 2.05) is 26.8 Å². The summed E-state index contributed by atoms with van der Waals surface area (Å²) < 4.78 is 42.9.